The number of carbonyl (C=O) groups is 1. The highest BCUT2D eigenvalue weighted by atomic mass is 79.9. The second-order valence-corrected chi connectivity index (χ2v) is 6.41. The first-order valence-corrected chi connectivity index (χ1v) is 8.76. The Balaban J connectivity index is 0.00000312. The summed E-state index contributed by atoms with van der Waals surface area (Å²) in [6.45, 7) is 4.60. The Labute approximate surface area is 168 Å². The maximum atomic E-state index is 12.4. The van der Waals surface area contributed by atoms with Crippen molar-refractivity contribution in [3.63, 3.8) is 0 Å². The molecular formula is C20H23Br2NO2. The lowest BCUT2D eigenvalue weighted by atomic mass is 10.0. The van der Waals surface area contributed by atoms with Gasteiger partial charge in [0.05, 0.1) is 0 Å². The minimum Gasteiger partial charge on any atom is -0.490 e. The molecule has 0 amide bonds. The van der Waals surface area contributed by atoms with Gasteiger partial charge in [-0.2, -0.15) is 0 Å². The van der Waals surface area contributed by atoms with Crippen molar-refractivity contribution in [3.05, 3.63) is 76.3 Å². The van der Waals surface area contributed by atoms with Crippen LogP contribution >= 0.6 is 32.9 Å². The van der Waals surface area contributed by atoms with Gasteiger partial charge in [0.1, 0.15) is 12.4 Å². The highest BCUT2D eigenvalue weighted by Gasteiger charge is 2.08. The van der Waals surface area contributed by atoms with Gasteiger partial charge < -0.3 is 9.64 Å². The summed E-state index contributed by atoms with van der Waals surface area (Å²) >= 11 is 3.37. The molecular weight excluding hydrogens is 446 g/mol. The third-order valence-corrected chi connectivity index (χ3v) is 4.22. The molecule has 0 saturated heterocycles. The summed E-state index contributed by atoms with van der Waals surface area (Å²) in [5.74, 6) is 0.771. The van der Waals surface area contributed by atoms with Crippen molar-refractivity contribution in [2.24, 2.45) is 0 Å². The van der Waals surface area contributed by atoms with Gasteiger partial charge in [-0.1, -0.05) is 35.0 Å². The smallest absolute Gasteiger partial charge is 0.193 e. The molecule has 0 N–H and O–H groups in total. The standard InChI is InChI=1S/C20H22BrNO2.BrH/c1-3-22(2)14-4-5-15-24-19-12-8-17(9-13-19)20(23)16-6-10-18(21)11-7-16;/h4-13H,3,14-15H2,1-2H3;1H/b5-4+;. The average molecular weight is 469 g/mol. The zero-order chi connectivity index (χ0) is 17.4. The van der Waals surface area contributed by atoms with E-state index in [1.165, 1.54) is 0 Å². The number of nitrogens with zero attached hydrogens (tertiary/aromatic N) is 1. The van der Waals surface area contributed by atoms with Crippen LogP contribution in [0.15, 0.2) is 65.2 Å². The maximum Gasteiger partial charge on any atom is 0.193 e. The fraction of sp³-hybridized carbons (Fsp3) is 0.250. The van der Waals surface area contributed by atoms with Crippen LogP contribution in [-0.2, 0) is 0 Å². The van der Waals surface area contributed by atoms with Gasteiger partial charge in [0, 0.05) is 22.1 Å². The lowest BCUT2D eigenvalue weighted by Gasteiger charge is -2.09. The SMILES string of the molecule is Br.CCN(C)C/C=C/COc1ccc(C(=O)c2ccc(Br)cc2)cc1. The molecule has 0 unspecified atom stereocenters. The number of hydrogen-bond donors (Lipinski definition) is 0. The molecule has 0 aliphatic heterocycles. The van der Waals surface area contributed by atoms with Crippen molar-refractivity contribution in [1.29, 1.82) is 0 Å². The molecule has 0 spiro atoms. The molecule has 0 fully saturated rings. The summed E-state index contributed by atoms with van der Waals surface area (Å²) in [6, 6.07) is 14.6. The number of carbonyl (C=O) groups excluding carboxylic acids is 1. The molecule has 25 heavy (non-hydrogen) atoms. The molecule has 3 nitrogen and oxygen atoms in total. The van der Waals surface area contributed by atoms with Gasteiger partial charge in [-0.15, -0.1) is 17.0 Å². The van der Waals surface area contributed by atoms with Gasteiger partial charge >= 0.3 is 0 Å². The third-order valence-electron chi connectivity index (χ3n) is 3.69. The van der Waals surface area contributed by atoms with Crippen LogP contribution in [0.2, 0.25) is 0 Å². The van der Waals surface area contributed by atoms with E-state index in [0.29, 0.717) is 17.7 Å². The van der Waals surface area contributed by atoms with E-state index in [1.54, 1.807) is 12.1 Å². The van der Waals surface area contributed by atoms with Gasteiger partial charge in [0.25, 0.3) is 0 Å². The summed E-state index contributed by atoms with van der Waals surface area (Å²) in [4.78, 5) is 14.6. The first-order valence-electron chi connectivity index (χ1n) is 7.97. The molecule has 134 valence electrons. The fourth-order valence-corrected chi connectivity index (χ4v) is 2.33. The Morgan fingerprint density at radius 2 is 1.60 bits per heavy atom. The molecule has 2 rings (SSSR count). The van der Waals surface area contributed by atoms with Crippen LogP contribution in [0, 0.1) is 0 Å². The molecule has 0 heterocycles. The molecule has 0 aliphatic rings. The van der Waals surface area contributed by atoms with E-state index in [1.807, 2.05) is 42.5 Å². The van der Waals surface area contributed by atoms with Gasteiger partial charge in [-0.3, -0.25) is 4.79 Å². The topological polar surface area (TPSA) is 29.5 Å². The predicted octanol–water partition coefficient (Wildman–Crippen LogP) is 5.14. The van der Waals surface area contributed by atoms with E-state index in [0.717, 1.165) is 23.3 Å². The first kappa shape index (κ1) is 21.6. The van der Waals surface area contributed by atoms with Crippen LogP contribution in [0.3, 0.4) is 0 Å². The van der Waals surface area contributed by atoms with E-state index in [4.69, 9.17) is 4.74 Å². The molecule has 2 aromatic rings. The monoisotopic (exact) mass is 467 g/mol. The van der Waals surface area contributed by atoms with Gasteiger partial charge in [-0.05, 0) is 62.1 Å². The van der Waals surface area contributed by atoms with E-state index in [9.17, 15) is 4.79 Å². The molecule has 0 aromatic heterocycles. The number of likely N-dealkylation sites (N-methyl/N-ethyl adjacent to an activating group) is 1. The largest absolute Gasteiger partial charge is 0.490 e. The van der Waals surface area contributed by atoms with E-state index < -0.39 is 0 Å². The van der Waals surface area contributed by atoms with Crippen LogP contribution in [0.25, 0.3) is 0 Å². The third kappa shape index (κ3) is 7.14. The second-order valence-electron chi connectivity index (χ2n) is 5.50. The fourth-order valence-electron chi connectivity index (χ4n) is 2.07. The molecule has 0 atom stereocenters. The van der Waals surface area contributed by atoms with Crippen LogP contribution in [0.1, 0.15) is 22.8 Å². The van der Waals surface area contributed by atoms with Crippen LogP contribution < -0.4 is 4.74 Å². The normalized spacial score (nSPS) is 10.7. The van der Waals surface area contributed by atoms with Crippen molar-refractivity contribution in [2.75, 3.05) is 26.7 Å². The Hall–Kier alpha value is -1.43. The quantitative estimate of drug-likeness (QED) is 0.396. The first-order chi connectivity index (χ1) is 11.6. The van der Waals surface area contributed by atoms with E-state index in [-0.39, 0.29) is 22.8 Å². The summed E-state index contributed by atoms with van der Waals surface area (Å²) in [6.07, 6.45) is 4.10. The van der Waals surface area contributed by atoms with Crippen LogP contribution in [-0.4, -0.2) is 37.4 Å². The number of hydrogen-bond acceptors (Lipinski definition) is 3. The lowest BCUT2D eigenvalue weighted by Crippen LogP contribution is -2.17. The van der Waals surface area contributed by atoms with Crippen molar-refractivity contribution < 1.29 is 9.53 Å². The minimum absolute atomic E-state index is 0. The maximum absolute atomic E-state index is 12.4. The Bertz CT molecular complexity index is 682. The number of ether oxygens (including phenoxy) is 1. The van der Waals surface area contributed by atoms with Crippen molar-refractivity contribution in [2.45, 2.75) is 6.92 Å². The zero-order valence-corrected chi connectivity index (χ0v) is 17.7. The molecule has 0 saturated carbocycles. The summed E-state index contributed by atoms with van der Waals surface area (Å²) < 4.78 is 6.61. The van der Waals surface area contributed by atoms with Crippen molar-refractivity contribution in [3.8, 4) is 5.75 Å². The van der Waals surface area contributed by atoms with Crippen LogP contribution in [0.4, 0.5) is 0 Å². The number of ketones is 1. The van der Waals surface area contributed by atoms with Gasteiger partial charge in [0.2, 0.25) is 0 Å². The van der Waals surface area contributed by atoms with Crippen molar-refractivity contribution in [1.82, 2.24) is 4.90 Å². The Morgan fingerprint density at radius 3 is 2.16 bits per heavy atom. The van der Waals surface area contributed by atoms with Crippen LogP contribution in [0.5, 0.6) is 5.75 Å². The Morgan fingerprint density at radius 1 is 1.04 bits per heavy atom. The zero-order valence-electron chi connectivity index (χ0n) is 14.4. The molecule has 0 bridgehead atoms. The summed E-state index contributed by atoms with van der Waals surface area (Å²) in [7, 11) is 2.08. The van der Waals surface area contributed by atoms with Gasteiger partial charge in [-0.25, -0.2) is 0 Å². The summed E-state index contributed by atoms with van der Waals surface area (Å²) in [5.41, 5.74) is 1.33. The molecule has 0 aliphatic carbocycles. The molecule has 2 aromatic carbocycles. The molecule has 0 radical (unpaired) electrons. The lowest BCUT2D eigenvalue weighted by molar-refractivity contribution is 0.103. The molecule has 5 heteroatoms. The number of rotatable bonds is 8. The highest BCUT2D eigenvalue weighted by Crippen LogP contribution is 2.17. The highest BCUT2D eigenvalue weighted by molar-refractivity contribution is 9.10. The van der Waals surface area contributed by atoms with Gasteiger partial charge in [0.15, 0.2) is 5.78 Å². The second kappa shape index (κ2) is 11.2. The predicted molar refractivity (Wildman–Crippen MR) is 112 cm³/mol. The Kier molecular flexibility index (Phi) is 9.71. The van der Waals surface area contributed by atoms with E-state index in [2.05, 4.69) is 40.9 Å². The summed E-state index contributed by atoms with van der Waals surface area (Å²) in [5, 5.41) is 0. The number of halogens is 2. The average Bonchev–Trinajstić information content (AvgIpc) is 2.62. The minimum atomic E-state index is 0. The van der Waals surface area contributed by atoms with E-state index >= 15 is 0 Å². The van der Waals surface area contributed by atoms with Crippen molar-refractivity contribution >= 4 is 38.7 Å². The number of benzene rings is 2.